The number of rotatable bonds is 3. The van der Waals surface area contributed by atoms with Crippen molar-refractivity contribution >= 4 is 0 Å². The fourth-order valence-electron chi connectivity index (χ4n) is 2.23. The highest BCUT2D eigenvalue weighted by atomic mass is 16.5. The number of ether oxygens (including phenoxy) is 1. The Kier molecular flexibility index (Phi) is 2.10. The fraction of sp³-hybridized carbons (Fsp3) is 1.00. The van der Waals surface area contributed by atoms with Crippen molar-refractivity contribution in [1.29, 1.82) is 0 Å². The van der Waals surface area contributed by atoms with Gasteiger partial charge >= 0.3 is 0 Å². The minimum Gasteiger partial charge on any atom is -0.381 e. The van der Waals surface area contributed by atoms with E-state index in [0.29, 0.717) is 17.4 Å². The SMILES string of the molecule is CC1(C(NN)C2CCOC2)CC1. The zero-order chi connectivity index (χ0) is 8.60. The maximum atomic E-state index is 5.57. The lowest BCUT2D eigenvalue weighted by Gasteiger charge is -2.27. The Labute approximate surface area is 73.6 Å². The van der Waals surface area contributed by atoms with Gasteiger partial charge in [0.1, 0.15) is 0 Å². The molecule has 1 aliphatic carbocycles. The molecular formula is C9H18N2O. The van der Waals surface area contributed by atoms with Crippen molar-refractivity contribution < 1.29 is 4.74 Å². The van der Waals surface area contributed by atoms with Gasteiger partial charge in [-0.3, -0.25) is 11.3 Å². The summed E-state index contributed by atoms with van der Waals surface area (Å²) < 4.78 is 5.37. The van der Waals surface area contributed by atoms with E-state index in [2.05, 4.69) is 12.3 Å². The van der Waals surface area contributed by atoms with E-state index < -0.39 is 0 Å². The van der Waals surface area contributed by atoms with Gasteiger partial charge in [-0.15, -0.1) is 0 Å². The van der Waals surface area contributed by atoms with E-state index >= 15 is 0 Å². The van der Waals surface area contributed by atoms with Crippen molar-refractivity contribution in [1.82, 2.24) is 5.43 Å². The van der Waals surface area contributed by atoms with Crippen LogP contribution in [0.2, 0.25) is 0 Å². The Balaban J connectivity index is 1.97. The Morgan fingerprint density at radius 2 is 2.33 bits per heavy atom. The molecule has 0 spiro atoms. The summed E-state index contributed by atoms with van der Waals surface area (Å²) in [7, 11) is 0. The molecule has 1 saturated heterocycles. The zero-order valence-corrected chi connectivity index (χ0v) is 7.68. The number of hydrazine groups is 1. The van der Waals surface area contributed by atoms with Gasteiger partial charge in [-0.1, -0.05) is 6.92 Å². The highest BCUT2D eigenvalue weighted by molar-refractivity contribution is 5.01. The van der Waals surface area contributed by atoms with E-state index in [-0.39, 0.29) is 0 Å². The van der Waals surface area contributed by atoms with Crippen LogP contribution in [0.1, 0.15) is 26.2 Å². The fourth-order valence-corrected chi connectivity index (χ4v) is 2.23. The van der Waals surface area contributed by atoms with E-state index in [4.69, 9.17) is 10.6 Å². The van der Waals surface area contributed by atoms with Crippen molar-refractivity contribution in [3.8, 4) is 0 Å². The predicted molar refractivity (Wildman–Crippen MR) is 47.4 cm³/mol. The molecule has 2 atom stereocenters. The van der Waals surface area contributed by atoms with Gasteiger partial charge in [-0.2, -0.15) is 0 Å². The van der Waals surface area contributed by atoms with E-state index in [1.807, 2.05) is 0 Å². The Bertz CT molecular complexity index is 162. The molecule has 2 unspecified atom stereocenters. The van der Waals surface area contributed by atoms with Crippen LogP contribution < -0.4 is 11.3 Å². The molecule has 3 N–H and O–H groups in total. The largest absolute Gasteiger partial charge is 0.381 e. The van der Waals surface area contributed by atoms with Crippen molar-refractivity contribution in [2.24, 2.45) is 17.2 Å². The third-order valence-electron chi connectivity index (χ3n) is 3.41. The molecule has 12 heavy (non-hydrogen) atoms. The van der Waals surface area contributed by atoms with Crippen LogP contribution in [0.4, 0.5) is 0 Å². The summed E-state index contributed by atoms with van der Waals surface area (Å²) in [5.74, 6) is 6.21. The first kappa shape index (κ1) is 8.48. The van der Waals surface area contributed by atoms with Crippen molar-refractivity contribution in [2.45, 2.75) is 32.2 Å². The van der Waals surface area contributed by atoms with Gasteiger partial charge < -0.3 is 4.74 Å². The monoisotopic (exact) mass is 170 g/mol. The average Bonchev–Trinajstić information content (AvgIpc) is 2.63. The summed E-state index contributed by atoms with van der Waals surface area (Å²) in [6.07, 6.45) is 3.81. The zero-order valence-electron chi connectivity index (χ0n) is 7.68. The lowest BCUT2D eigenvalue weighted by molar-refractivity contribution is 0.163. The second-order valence-corrected chi connectivity index (χ2v) is 4.42. The van der Waals surface area contributed by atoms with E-state index in [0.717, 1.165) is 13.2 Å². The smallest absolute Gasteiger partial charge is 0.0510 e. The summed E-state index contributed by atoms with van der Waals surface area (Å²) in [6, 6.07) is 0.472. The standard InChI is InChI=1S/C9H18N2O/c1-9(3-4-9)8(11-10)7-2-5-12-6-7/h7-8,11H,2-6,10H2,1H3. The van der Waals surface area contributed by atoms with Crippen LogP contribution in [0.15, 0.2) is 0 Å². The molecule has 3 heteroatoms. The van der Waals surface area contributed by atoms with Crippen LogP contribution in [0.5, 0.6) is 0 Å². The summed E-state index contributed by atoms with van der Waals surface area (Å²) in [5, 5.41) is 0. The van der Waals surface area contributed by atoms with Crippen molar-refractivity contribution in [3.63, 3.8) is 0 Å². The number of nitrogens with one attached hydrogen (secondary N) is 1. The first-order valence-corrected chi connectivity index (χ1v) is 4.80. The molecule has 70 valence electrons. The van der Waals surface area contributed by atoms with Crippen molar-refractivity contribution in [3.05, 3.63) is 0 Å². The number of hydrogen-bond donors (Lipinski definition) is 2. The second kappa shape index (κ2) is 2.98. The quantitative estimate of drug-likeness (QED) is 0.483. The number of hydrogen-bond acceptors (Lipinski definition) is 3. The minimum atomic E-state index is 0.465. The first-order chi connectivity index (χ1) is 5.76. The number of nitrogens with two attached hydrogens (primary N) is 1. The van der Waals surface area contributed by atoms with Gasteiger partial charge in [0.05, 0.1) is 6.61 Å². The molecule has 2 fully saturated rings. The molecule has 2 rings (SSSR count). The van der Waals surface area contributed by atoms with Crippen LogP contribution in [-0.2, 0) is 4.74 Å². The van der Waals surface area contributed by atoms with E-state index in [9.17, 15) is 0 Å². The normalized spacial score (nSPS) is 35.0. The third kappa shape index (κ3) is 1.37. The van der Waals surface area contributed by atoms with Gasteiger partial charge in [0.25, 0.3) is 0 Å². The molecular weight excluding hydrogens is 152 g/mol. The molecule has 0 bridgehead atoms. The van der Waals surface area contributed by atoms with Crippen LogP contribution in [0, 0.1) is 11.3 Å². The summed E-state index contributed by atoms with van der Waals surface area (Å²) >= 11 is 0. The van der Waals surface area contributed by atoms with Gasteiger partial charge in [-0.25, -0.2) is 0 Å². The molecule has 0 aromatic rings. The predicted octanol–water partition coefficient (Wildman–Crippen LogP) is 0.655. The molecule has 0 amide bonds. The van der Waals surface area contributed by atoms with Crippen LogP contribution in [-0.4, -0.2) is 19.3 Å². The molecule has 0 aromatic carbocycles. The van der Waals surface area contributed by atoms with Crippen LogP contribution in [0.3, 0.4) is 0 Å². The van der Waals surface area contributed by atoms with Gasteiger partial charge in [-0.05, 0) is 24.7 Å². The highest BCUT2D eigenvalue weighted by Gasteiger charge is 2.48. The molecule has 3 nitrogen and oxygen atoms in total. The lowest BCUT2D eigenvalue weighted by atomic mass is 9.87. The third-order valence-corrected chi connectivity index (χ3v) is 3.41. The molecule has 1 heterocycles. The Hall–Kier alpha value is -0.120. The molecule has 0 aromatic heterocycles. The second-order valence-electron chi connectivity index (χ2n) is 4.42. The van der Waals surface area contributed by atoms with E-state index in [1.54, 1.807) is 0 Å². The van der Waals surface area contributed by atoms with Gasteiger partial charge in [0, 0.05) is 18.6 Å². The summed E-state index contributed by atoms with van der Waals surface area (Å²) in [6.45, 7) is 4.12. The Morgan fingerprint density at radius 1 is 1.58 bits per heavy atom. The maximum Gasteiger partial charge on any atom is 0.0510 e. The minimum absolute atomic E-state index is 0.465. The maximum absolute atomic E-state index is 5.57. The summed E-state index contributed by atoms with van der Waals surface area (Å²) in [4.78, 5) is 0. The lowest BCUT2D eigenvalue weighted by Crippen LogP contribution is -2.46. The van der Waals surface area contributed by atoms with Crippen molar-refractivity contribution in [2.75, 3.05) is 13.2 Å². The highest BCUT2D eigenvalue weighted by Crippen LogP contribution is 2.50. The van der Waals surface area contributed by atoms with E-state index in [1.165, 1.54) is 19.3 Å². The van der Waals surface area contributed by atoms with Crippen LogP contribution in [0.25, 0.3) is 0 Å². The molecule has 1 saturated carbocycles. The Morgan fingerprint density at radius 3 is 2.75 bits per heavy atom. The van der Waals surface area contributed by atoms with Gasteiger partial charge in [0.15, 0.2) is 0 Å². The molecule has 1 aliphatic heterocycles. The average molecular weight is 170 g/mol. The molecule has 2 aliphatic rings. The molecule has 0 radical (unpaired) electrons. The first-order valence-electron chi connectivity index (χ1n) is 4.80. The van der Waals surface area contributed by atoms with Crippen LogP contribution >= 0.6 is 0 Å². The summed E-state index contributed by atoms with van der Waals surface area (Å²) in [5.41, 5.74) is 3.43. The van der Waals surface area contributed by atoms with Gasteiger partial charge in [0.2, 0.25) is 0 Å². The topological polar surface area (TPSA) is 47.3 Å².